The van der Waals surface area contributed by atoms with Crippen molar-refractivity contribution in [2.24, 2.45) is 12.5 Å². The highest BCUT2D eigenvalue weighted by atomic mass is 16.3. The van der Waals surface area contributed by atoms with Crippen molar-refractivity contribution < 1.29 is 9.90 Å². The minimum atomic E-state index is -0.0989. The summed E-state index contributed by atoms with van der Waals surface area (Å²) < 4.78 is 1.72. The van der Waals surface area contributed by atoms with Gasteiger partial charge in [-0.3, -0.25) is 9.48 Å². The van der Waals surface area contributed by atoms with E-state index < -0.39 is 0 Å². The summed E-state index contributed by atoms with van der Waals surface area (Å²) in [4.78, 5) is 12.2. The van der Waals surface area contributed by atoms with E-state index in [4.69, 9.17) is 0 Å². The normalized spacial score (nSPS) is 11.3. The number of aliphatic hydroxyl groups excluding tert-OH is 1. The molecule has 1 amide bonds. The van der Waals surface area contributed by atoms with Crippen LogP contribution in [0.5, 0.6) is 0 Å². The van der Waals surface area contributed by atoms with Crippen LogP contribution in [0, 0.1) is 5.41 Å². The van der Waals surface area contributed by atoms with Crippen LogP contribution in [-0.4, -0.2) is 33.9 Å². The SMILES string of the molecule is Cn1cc(Nc2cccc(C(=O)NCCCC(C)(C)CO)c2)cn1. The Hall–Kier alpha value is -2.34. The number of aryl methyl sites for hydroxylation is 1. The first-order valence-corrected chi connectivity index (χ1v) is 8.14. The molecule has 0 bridgehead atoms. The van der Waals surface area contributed by atoms with Gasteiger partial charge in [-0.15, -0.1) is 0 Å². The van der Waals surface area contributed by atoms with Crippen LogP contribution in [0.4, 0.5) is 11.4 Å². The van der Waals surface area contributed by atoms with Gasteiger partial charge >= 0.3 is 0 Å². The summed E-state index contributed by atoms with van der Waals surface area (Å²) in [7, 11) is 1.85. The molecule has 0 saturated carbocycles. The Kier molecular flexibility index (Phi) is 5.98. The minimum absolute atomic E-state index is 0.0911. The van der Waals surface area contributed by atoms with Gasteiger partial charge in [-0.05, 0) is 36.5 Å². The molecule has 1 aromatic heterocycles. The summed E-state index contributed by atoms with van der Waals surface area (Å²) in [6.45, 7) is 4.79. The summed E-state index contributed by atoms with van der Waals surface area (Å²) in [6, 6.07) is 7.37. The molecule has 0 radical (unpaired) electrons. The molecule has 0 saturated heterocycles. The third-order valence-electron chi connectivity index (χ3n) is 3.86. The van der Waals surface area contributed by atoms with E-state index in [1.165, 1.54) is 0 Å². The van der Waals surface area contributed by atoms with E-state index >= 15 is 0 Å². The lowest BCUT2D eigenvalue weighted by atomic mass is 9.89. The molecule has 0 aliphatic rings. The van der Waals surface area contributed by atoms with Crippen LogP contribution in [0.15, 0.2) is 36.7 Å². The lowest BCUT2D eigenvalue weighted by Gasteiger charge is -2.21. The Labute approximate surface area is 142 Å². The van der Waals surface area contributed by atoms with Gasteiger partial charge in [-0.1, -0.05) is 19.9 Å². The molecular formula is C18H26N4O2. The molecular weight excluding hydrogens is 304 g/mol. The lowest BCUT2D eigenvalue weighted by molar-refractivity contribution is 0.0948. The molecule has 3 N–H and O–H groups in total. The van der Waals surface area contributed by atoms with Crippen molar-refractivity contribution in [2.45, 2.75) is 26.7 Å². The van der Waals surface area contributed by atoms with E-state index in [0.717, 1.165) is 24.2 Å². The number of aromatic nitrogens is 2. The van der Waals surface area contributed by atoms with Gasteiger partial charge in [-0.2, -0.15) is 5.10 Å². The van der Waals surface area contributed by atoms with Crippen LogP contribution in [0.2, 0.25) is 0 Å². The van der Waals surface area contributed by atoms with Crippen molar-refractivity contribution in [3.8, 4) is 0 Å². The maximum absolute atomic E-state index is 12.2. The number of benzene rings is 1. The van der Waals surface area contributed by atoms with E-state index in [1.54, 1.807) is 16.9 Å². The number of carbonyl (C=O) groups is 1. The monoisotopic (exact) mass is 330 g/mol. The average molecular weight is 330 g/mol. The molecule has 0 atom stereocenters. The third-order valence-corrected chi connectivity index (χ3v) is 3.86. The van der Waals surface area contributed by atoms with Crippen LogP contribution in [0.3, 0.4) is 0 Å². The fraction of sp³-hybridized carbons (Fsp3) is 0.444. The zero-order valence-corrected chi connectivity index (χ0v) is 14.5. The van der Waals surface area contributed by atoms with Gasteiger partial charge in [0.25, 0.3) is 5.91 Å². The van der Waals surface area contributed by atoms with Crippen molar-refractivity contribution in [3.63, 3.8) is 0 Å². The number of amides is 1. The smallest absolute Gasteiger partial charge is 0.251 e. The summed E-state index contributed by atoms with van der Waals surface area (Å²) >= 11 is 0. The van der Waals surface area contributed by atoms with Gasteiger partial charge in [0.05, 0.1) is 11.9 Å². The standard InChI is InChI=1S/C18H26N4O2/c1-18(2,13-23)8-5-9-19-17(24)14-6-4-7-15(10-14)21-16-11-20-22(3)12-16/h4,6-7,10-12,21,23H,5,8-9,13H2,1-3H3,(H,19,24). The van der Waals surface area contributed by atoms with Crippen molar-refractivity contribution in [1.29, 1.82) is 0 Å². The topological polar surface area (TPSA) is 79.2 Å². The molecule has 6 nitrogen and oxygen atoms in total. The minimum Gasteiger partial charge on any atom is -0.396 e. The molecule has 1 heterocycles. The predicted octanol–water partition coefficient (Wildman–Crippen LogP) is 2.69. The quantitative estimate of drug-likeness (QED) is 0.650. The van der Waals surface area contributed by atoms with Gasteiger partial charge in [0, 0.05) is 37.6 Å². The van der Waals surface area contributed by atoms with Crippen molar-refractivity contribution >= 4 is 17.3 Å². The predicted molar refractivity (Wildman–Crippen MR) is 95.4 cm³/mol. The fourth-order valence-electron chi connectivity index (χ4n) is 2.34. The molecule has 130 valence electrons. The van der Waals surface area contributed by atoms with E-state index in [1.807, 2.05) is 45.3 Å². The highest BCUT2D eigenvalue weighted by molar-refractivity contribution is 5.95. The maximum atomic E-state index is 12.2. The number of anilines is 2. The second-order valence-corrected chi connectivity index (χ2v) is 6.79. The van der Waals surface area contributed by atoms with Crippen molar-refractivity contribution in [3.05, 3.63) is 42.2 Å². The highest BCUT2D eigenvalue weighted by Crippen LogP contribution is 2.20. The van der Waals surface area contributed by atoms with E-state index in [9.17, 15) is 9.90 Å². The van der Waals surface area contributed by atoms with Crippen LogP contribution in [-0.2, 0) is 7.05 Å². The second-order valence-electron chi connectivity index (χ2n) is 6.79. The Balaban J connectivity index is 1.87. The number of hydrogen-bond donors (Lipinski definition) is 3. The average Bonchev–Trinajstić information content (AvgIpc) is 2.96. The molecule has 1 aromatic carbocycles. The number of hydrogen-bond acceptors (Lipinski definition) is 4. The van der Waals surface area contributed by atoms with Crippen LogP contribution in [0.25, 0.3) is 0 Å². The number of nitrogens with one attached hydrogen (secondary N) is 2. The van der Waals surface area contributed by atoms with Crippen LogP contribution >= 0.6 is 0 Å². The van der Waals surface area contributed by atoms with Crippen LogP contribution in [0.1, 0.15) is 37.0 Å². The molecule has 0 fully saturated rings. The van der Waals surface area contributed by atoms with E-state index in [2.05, 4.69) is 15.7 Å². The molecule has 0 spiro atoms. The fourth-order valence-corrected chi connectivity index (χ4v) is 2.34. The number of carbonyl (C=O) groups excluding carboxylic acids is 1. The van der Waals surface area contributed by atoms with Crippen LogP contribution < -0.4 is 10.6 Å². The summed E-state index contributed by atoms with van der Waals surface area (Å²) in [5.74, 6) is -0.0911. The Morgan fingerprint density at radius 3 is 2.79 bits per heavy atom. The zero-order valence-electron chi connectivity index (χ0n) is 14.5. The molecule has 2 aromatic rings. The Morgan fingerprint density at radius 2 is 2.12 bits per heavy atom. The summed E-state index contributed by atoms with van der Waals surface area (Å²) in [5, 5.41) is 19.5. The first kappa shape index (κ1) is 18.0. The molecule has 0 aliphatic heterocycles. The number of nitrogens with zero attached hydrogens (tertiary/aromatic N) is 2. The van der Waals surface area contributed by atoms with E-state index in [-0.39, 0.29) is 17.9 Å². The first-order valence-electron chi connectivity index (χ1n) is 8.14. The molecule has 2 rings (SSSR count). The van der Waals surface area contributed by atoms with Crippen molar-refractivity contribution in [1.82, 2.24) is 15.1 Å². The zero-order chi connectivity index (χ0) is 17.6. The molecule has 0 unspecified atom stereocenters. The Morgan fingerprint density at radius 1 is 1.33 bits per heavy atom. The molecule has 24 heavy (non-hydrogen) atoms. The molecule has 0 aliphatic carbocycles. The van der Waals surface area contributed by atoms with Gasteiger partial charge in [-0.25, -0.2) is 0 Å². The van der Waals surface area contributed by atoms with E-state index in [0.29, 0.717) is 12.1 Å². The Bertz CT molecular complexity index is 679. The third kappa shape index (κ3) is 5.38. The highest BCUT2D eigenvalue weighted by Gasteiger charge is 2.15. The number of rotatable bonds is 8. The lowest BCUT2D eigenvalue weighted by Crippen LogP contribution is -2.26. The molecule has 6 heteroatoms. The van der Waals surface area contributed by atoms with Gasteiger partial charge in [0.1, 0.15) is 0 Å². The van der Waals surface area contributed by atoms with Gasteiger partial charge in [0.15, 0.2) is 0 Å². The summed E-state index contributed by atoms with van der Waals surface area (Å²) in [6.07, 6.45) is 5.31. The first-order chi connectivity index (χ1) is 11.4. The maximum Gasteiger partial charge on any atom is 0.251 e. The van der Waals surface area contributed by atoms with Gasteiger partial charge in [0.2, 0.25) is 0 Å². The summed E-state index contributed by atoms with van der Waals surface area (Å²) in [5.41, 5.74) is 2.24. The largest absolute Gasteiger partial charge is 0.396 e. The van der Waals surface area contributed by atoms with Gasteiger partial charge < -0.3 is 15.7 Å². The second kappa shape index (κ2) is 7.97. The number of aliphatic hydroxyl groups is 1. The van der Waals surface area contributed by atoms with Crippen molar-refractivity contribution in [2.75, 3.05) is 18.5 Å².